The first-order valence-electron chi connectivity index (χ1n) is 6.57. The van der Waals surface area contributed by atoms with Crippen LogP contribution in [0.15, 0.2) is 18.5 Å². The van der Waals surface area contributed by atoms with Crippen molar-refractivity contribution in [2.24, 2.45) is 5.92 Å². The Bertz CT molecular complexity index is 376. The van der Waals surface area contributed by atoms with Gasteiger partial charge in [0.15, 0.2) is 0 Å². The van der Waals surface area contributed by atoms with Crippen molar-refractivity contribution in [1.29, 1.82) is 0 Å². The molecule has 0 aromatic carbocycles. The molecule has 2 unspecified atom stereocenters. The van der Waals surface area contributed by atoms with Gasteiger partial charge in [-0.3, -0.25) is 4.98 Å². The Hall–Kier alpha value is -1.13. The minimum Gasteiger partial charge on any atom is -0.489 e. The monoisotopic (exact) mass is 250 g/mol. The molecule has 2 heterocycles. The average molecular weight is 250 g/mol. The molecule has 2 atom stereocenters. The van der Waals surface area contributed by atoms with E-state index in [-0.39, 0.29) is 12.1 Å². The topological polar surface area (TPSA) is 43.4 Å². The molecule has 4 heteroatoms. The summed E-state index contributed by atoms with van der Waals surface area (Å²) in [7, 11) is 1.99. The van der Waals surface area contributed by atoms with Crippen LogP contribution >= 0.6 is 0 Å². The summed E-state index contributed by atoms with van der Waals surface area (Å²) in [6.45, 7) is 5.72. The van der Waals surface area contributed by atoms with Crippen LogP contribution in [0.25, 0.3) is 0 Å². The maximum absolute atomic E-state index is 5.69. The smallest absolute Gasteiger partial charge is 0.138 e. The van der Waals surface area contributed by atoms with Gasteiger partial charge in [-0.15, -0.1) is 0 Å². The van der Waals surface area contributed by atoms with Crippen LogP contribution in [0.5, 0.6) is 5.75 Å². The lowest BCUT2D eigenvalue weighted by Crippen LogP contribution is -2.25. The number of nitrogens with zero attached hydrogens (tertiary/aromatic N) is 1. The van der Waals surface area contributed by atoms with E-state index in [9.17, 15) is 0 Å². The molecule has 0 spiro atoms. The summed E-state index contributed by atoms with van der Waals surface area (Å²) in [5.74, 6) is 1.35. The fourth-order valence-electron chi connectivity index (χ4n) is 2.43. The minimum absolute atomic E-state index is 0.171. The Labute approximate surface area is 109 Å². The summed E-state index contributed by atoms with van der Waals surface area (Å²) in [5.41, 5.74) is 1.17. The standard InChI is InChI=1S/C14H22N2O2/c1-10(2)18-13-6-12(7-16-8-13)14(15-3)11-4-5-17-9-11/h6-8,10-11,14-15H,4-5,9H2,1-3H3. The SMILES string of the molecule is CNC(c1cncc(OC(C)C)c1)C1CCOC1. The lowest BCUT2D eigenvalue weighted by atomic mass is 9.93. The third-order valence-corrected chi connectivity index (χ3v) is 3.21. The van der Waals surface area contributed by atoms with Crippen LogP contribution in [-0.4, -0.2) is 31.3 Å². The van der Waals surface area contributed by atoms with Crippen molar-refractivity contribution in [2.45, 2.75) is 32.4 Å². The molecule has 0 bridgehead atoms. The van der Waals surface area contributed by atoms with Crippen molar-refractivity contribution in [3.63, 3.8) is 0 Å². The summed E-state index contributed by atoms with van der Waals surface area (Å²) in [4.78, 5) is 4.27. The van der Waals surface area contributed by atoms with E-state index in [1.807, 2.05) is 27.1 Å². The van der Waals surface area contributed by atoms with Crippen LogP contribution in [0.1, 0.15) is 31.9 Å². The van der Waals surface area contributed by atoms with E-state index >= 15 is 0 Å². The Kier molecular flexibility index (Phi) is 4.55. The molecule has 1 aliphatic heterocycles. The molecule has 1 aliphatic rings. The van der Waals surface area contributed by atoms with Gasteiger partial charge in [-0.25, -0.2) is 0 Å². The number of rotatable bonds is 5. The van der Waals surface area contributed by atoms with Crippen molar-refractivity contribution in [3.05, 3.63) is 24.0 Å². The molecule has 4 nitrogen and oxygen atoms in total. The van der Waals surface area contributed by atoms with Crippen LogP contribution in [-0.2, 0) is 4.74 Å². The summed E-state index contributed by atoms with van der Waals surface area (Å²) >= 11 is 0. The normalized spacial score (nSPS) is 21.2. The van der Waals surface area contributed by atoms with Gasteiger partial charge in [0, 0.05) is 24.8 Å². The van der Waals surface area contributed by atoms with Gasteiger partial charge in [-0.1, -0.05) is 0 Å². The molecule has 1 aromatic heterocycles. The molecule has 1 fully saturated rings. The zero-order valence-corrected chi connectivity index (χ0v) is 11.3. The van der Waals surface area contributed by atoms with Crippen molar-refractivity contribution < 1.29 is 9.47 Å². The van der Waals surface area contributed by atoms with E-state index in [4.69, 9.17) is 9.47 Å². The van der Waals surface area contributed by atoms with Gasteiger partial charge in [0.1, 0.15) is 5.75 Å². The zero-order chi connectivity index (χ0) is 13.0. The van der Waals surface area contributed by atoms with Crippen molar-refractivity contribution >= 4 is 0 Å². The molecule has 1 aromatic rings. The molecule has 1 N–H and O–H groups in total. The van der Waals surface area contributed by atoms with Crippen LogP contribution in [0, 0.1) is 5.92 Å². The number of aromatic nitrogens is 1. The molecule has 2 rings (SSSR count). The maximum Gasteiger partial charge on any atom is 0.138 e. The van der Waals surface area contributed by atoms with Crippen molar-refractivity contribution in [2.75, 3.05) is 20.3 Å². The van der Waals surface area contributed by atoms with E-state index in [2.05, 4.69) is 16.4 Å². The highest BCUT2D eigenvalue weighted by Gasteiger charge is 2.26. The maximum atomic E-state index is 5.69. The van der Waals surface area contributed by atoms with Gasteiger partial charge >= 0.3 is 0 Å². The highest BCUT2D eigenvalue weighted by molar-refractivity contribution is 5.26. The Morgan fingerprint density at radius 3 is 2.89 bits per heavy atom. The second-order valence-corrected chi connectivity index (χ2v) is 5.01. The summed E-state index contributed by atoms with van der Waals surface area (Å²) < 4.78 is 11.2. The molecule has 0 aliphatic carbocycles. The predicted octanol–water partition coefficient (Wildman–Crippen LogP) is 2.17. The summed E-state index contributed by atoms with van der Waals surface area (Å²) in [6, 6.07) is 2.36. The highest BCUT2D eigenvalue weighted by Crippen LogP contribution is 2.29. The van der Waals surface area contributed by atoms with Gasteiger partial charge in [0.25, 0.3) is 0 Å². The quantitative estimate of drug-likeness (QED) is 0.869. The molecule has 0 amide bonds. The average Bonchev–Trinajstić information content (AvgIpc) is 2.83. The minimum atomic E-state index is 0.171. The summed E-state index contributed by atoms with van der Waals surface area (Å²) in [5, 5.41) is 3.37. The fourth-order valence-corrected chi connectivity index (χ4v) is 2.43. The fraction of sp³-hybridized carbons (Fsp3) is 0.643. The molecular weight excluding hydrogens is 228 g/mol. The Morgan fingerprint density at radius 1 is 1.44 bits per heavy atom. The molecular formula is C14H22N2O2. The van der Waals surface area contributed by atoms with Gasteiger partial charge in [0.05, 0.1) is 18.9 Å². The van der Waals surface area contributed by atoms with Crippen LogP contribution in [0.4, 0.5) is 0 Å². The van der Waals surface area contributed by atoms with Crippen molar-refractivity contribution in [3.8, 4) is 5.75 Å². The second-order valence-electron chi connectivity index (χ2n) is 5.01. The largest absolute Gasteiger partial charge is 0.489 e. The lowest BCUT2D eigenvalue weighted by Gasteiger charge is -2.22. The first-order valence-corrected chi connectivity index (χ1v) is 6.57. The van der Waals surface area contributed by atoms with E-state index in [1.165, 1.54) is 5.56 Å². The molecule has 0 saturated carbocycles. The van der Waals surface area contributed by atoms with Gasteiger partial charge in [-0.05, 0) is 38.9 Å². The number of nitrogens with one attached hydrogen (secondary N) is 1. The molecule has 18 heavy (non-hydrogen) atoms. The second kappa shape index (κ2) is 6.16. The third-order valence-electron chi connectivity index (χ3n) is 3.21. The Balaban J connectivity index is 2.14. The predicted molar refractivity (Wildman–Crippen MR) is 70.7 cm³/mol. The lowest BCUT2D eigenvalue weighted by molar-refractivity contribution is 0.177. The van der Waals surface area contributed by atoms with Gasteiger partial charge in [0.2, 0.25) is 0 Å². The zero-order valence-electron chi connectivity index (χ0n) is 11.3. The van der Waals surface area contributed by atoms with Crippen LogP contribution < -0.4 is 10.1 Å². The van der Waals surface area contributed by atoms with Gasteiger partial charge in [-0.2, -0.15) is 0 Å². The molecule has 0 radical (unpaired) electrons. The number of hydrogen-bond donors (Lipinski definition) is 1. The Morgan fingerprint density at radius 2 is 2.28 bits per heavy atom. The number of ether oxygens (including phenoxy) is 2. The van der Waals surface area contributed by atoms with Gasteiger partial charge < -0.3 is 14.8 Å². The van der Waals surface area contributed by atoms with E-state index < -0.39 is 0 Å². The highest BCUT2D eigenvalue weighted by atomic mass is 16.5. The molecule has 1 saturated heterocycles. The van der Waals surface area contributed by atoms with E-state index in [0.29, 0.717) is 5.92 Å². The first kappa shape index (κ1) is 13.3. The first-order chi connectivity index (χ1) is 8.70. The summed E-state index contributed by atoms with van der Waals surface area (Å²) in [6.07, 6.45) is 4.94. The number of pyridine rings is 1. The van der Waals surface area contributed by atoms with E-state index in [0.717, 1.165) is 25.4 Å². The molecule has 100 valence electrons. The van der Waals surface area contributed by atoms with Crippen LogP contribution in [0.3, 0.4) is 0 Å². The van der Waals surface area contributed by atoms with Crippen molar-refractivity contribution in [1.82, 2.24) is 10.3 Å². The van der Waals surface area contributed by atoms with Crippen LogP contribution in [0.2, 0.25) is 0 Å². The number of hydrogen-bond acceptors (Lipinski definition) is 4. The third kappa shape index (κ3) is 3.21. The van der Waals surface area contributed by atoms with E-state index in [1.54, 1.807) is 6.20 Å².